The summed E-state index contributed by atoms with van der Waals surface area (Å²) in [5.41, 5.74) is 3.50. The monoisotopic (exact) mass is 234 g/mol. The first-order valence-electron chi connectivity index (χ1n) is 6.35. The number of ketones is 1. The Morgan fingerprint density at radius 2 is 1.76 bits per heavy atom. The van der Waals surface area contributed by atoms with Gasteiger partial charge in [-0.3, -0.25) is 4.79 Å². The van der Waals surface area contributed by atoms with Gasteiger partial charge in [-0.1, -0.05) is 6.92 Å². The van der Waals surface area contributed by atoms with E-state index in [0.717, 1.165) is 30.4 Å². The Morgan fingerprint density at radius 3 is 2.29 bits per heavy atom. The van der Waals surface area contributed by atoms with Crippen molar-refractivity contribution in [1.29, 1.82) is 0 Å². The molecule has 0 saturated heterocycles. The van der Waals surface area contributed by atoms with Gasteiger partial charge in [0.05, 0.1) is 0 Å². The fraction of sp³-hybridized carbons (Fsp3) is 0.533. The molecule has 0 saturated carbocycles. The minimum atomic E-state index is 0.325. The van der Waals surface area contributed by atoms with Gasteiger partial charge in [-0.15, -0.1) is 0 Å². The predicted molar refractivity (Wildman–Crippen MR) is 70.4 cm³/mol. The second kappa shape index (κ2) is 6.43. The molecule has 1 aromatic carbocycles. The average molecular weight is 234 g/mol. The summed E-state index contributed by atoms with van der Waals surface area (Å²) < 4.78 is 0. The third kappa shape index (κ3) is 4.22. The zero-order chi connectivity index (χ0) is 12.8. The van der Waals surface area contributed by atoms with Crippen molar-refractivity contribution < 1.29 is 9.90 Å². The molecule has 0 unspecified atom stereocenters. The van der Waals surface area contributed by atoms with Gasteiger partial charge in [-0.25, -0.2) is 0 Å². The Kier molecular flexibility index (Phi) is 5.20. The molecule has 2 heteroatoms. The van der Waals surface area contributed by atoms with E-state index in [1.165, 1.54) is 5.56 Å². The topological polar surface area (TPSA) is 37.3 Å². The van der Waals surface area contributed by atoms with Crippen molar-refractivity contribution in [2.45, 2.75) is 52.9 Å². The molecule has 1 N–H and O–H groups in total. The van der Waals surface area contributed by atoms with Crippen LogP contribution in [-0.4, -0.2) is 10.9 Å². The molecule has 94 valence electrons. The molecule has 0 aliphatic rings. The highest BCUT2D eigenvalue weighted by atomic mass is 16.3. The number of hydrogen-bond donors (Lipinski definition) is 1. The summed E-state index contributed by atoms with van der Waals surface area (Å²) in [5.74, 6) is 0.687. The van der Waals surface area contributed by atoms with Gasteiger partial charge in [0, 0.05) is 12.8 Å². The normalized spacial score (nSPS) is 10.5. The molecule has 0 radical (unpaired) electrons. The quantitative estimate of drug-likeness (QED) is 0.814. The molecule has 17 heavy (non-hydrogen) atoms. The van der Waals surface area contributed by atoms with E-state index in [4.69, 9.17) is 0 Å². The van der Waals surface area contributed by atoms with Gasteiger partial charge in [0.25, 0.3) is 0 Å². The third-order valence-electron chi connectivity index (χ3n) is 3.09. The first-order valence-corrected chi connectivity index (χ1v) is 6.35. The summed E-state index contributed by atoms with van der Waals surface area (Å²) in [6.45, 7) is 6.05. The summed E-state index contributed by atoms with van der Waals surface area (Å²) in [4.78, 5) is 11.4. The van der Waals surface area contributed by atoms with Gasteiger partial charge in [-0.05, 0) is 61.9 Å². The van der Waals surface area contributed by atoms with Crippen molar-refractivity contribution in [2.24, 2.45) is 0 Å². The zero-order valence-electron chi connectivity index (χ0n) is 11.0. The molecule has 1 rings (SSSR count). The van der Waals surface area contributed by atoms with Crippen LogP contribution in [0.3, 0.4) is 0 Å². The van der Waals surface area contributed by atoms with Crippen LogP contribution in [0.1, 0.15) is 49.3 Å². The van der Waals surface area contributed by atoms with Crippen LogP contribution in [-0.2, 0) is 11.2 Å². The molecular formula is C15H22O2. The van der Waals surface area contributed by atoms with E-state index in [0.29, 0.717) is 24.4 Å². The van der Waals surface area contributed by atoms with Crippen molar-refractivity contribution in [3.05, 3.63) is 28.8 Å². The second-order valence-electron chi connectivity index (χ2n) is 4.70. The van der Waals surface area contributed by atoms with E-state index in [-0.39, 0.29) is 0 Å². The van der Waals surface area contributed by atoms with Crippen molar-refractivity contribution in [3.63, 3.8) is 0 Å². The summed E-state index contributed by atoms with van der Waals surface area (Å²) in [7, 11) is 0. The summed E-state index contributed by atoms with van der Waals surface area (Å²) in [6.07, 6.45) is 4.15. The van der Waals surface area contributed by atoms with Crippen molar-refractivity contribution in [3.8, 4) is 5.75 Å². The third-order valence-corrected chi connectivity index (χ3v) is 3.09. The highest BCUT2D eigenvalue weighted by Gasteiger charge is 2.06. The van der Waals surface area contributed by atoms with E-state index in [1.807, 2.05) is 20.8 Å². The smallest absolute Gasteiger partial charge is 0.132 e. The lowest BCUT2D eigenvalue weighted by atomic mass is 9.96. The molecular weight excluding hydrogens is 212 g/mol. The lowest BCUT2D eigenvalue weighted by Gasteiger charge is -2.10. The number of aromatic hydroxyl groups is 1. The van der Waals surface area contributed by atoms with Gasteiger partial charge in [-0.2, -0.15) is 0 Å². The molecule has 0 fully saturated rings. The largest absolute Gasteiger partial charge is 0.508 e. The van der Waals surface area contributed by atoms with Crippen LogP contribution >= 0.6 is 0 Å². The van der Waals surface area contributed by atoms with Gasteiger partial charge < -0.3 is 5.11 Å². The van der Waals surface area contributed by atoms with Crippen LogP contribution < -0.4 is 0 Å². The van der Waals surface area contributed by atoms with Gasteiger partial charge >= 0.3 is 0 Å². The Morgan fingerprint density at radius 1 is 1.18 bits per heavy atom. The number of hydrogen-bond acceptors (Lipinski definition) is 2. The minimum absolute atomic E-state index is 0.325. The highest BCUT2D eigenvalue weighted by Crippen LogP contribution is 2.22. The van der Waals surface area contributed by atoms with Crippen LogP contribution in [0.4, 0.5) is 0 Å². The molecule has 0 amide bonds. The van der Waals surface area contributed by atoms with Crippen molar-refractivity contribution >= 4 is 5.78 Å². The lowest BCUT2D eigenvalue weighted by molar-refractivity contribution is -0.119. The van der Waals surface area contributed by atoms with Gasteiger partial charge in [0.15, 0.2) is 0 Å². The molecule has 1 aromatic rings. The molecule has 2 nitrogen and oxygen atoms in total. The fourth-order valence-corrected chi connectivity index (χ4v) is 2.23. The average Bonchev–Trinajstić information content (AvgIpc) is 2.22. The maximum absolute atomic E-state index is 11.4. The standard InChI is InChI=1S/C15H22O2/c1-4-6-13(16)7-5-8-15-11(2)9-14(17)10-12(15)3/h9-10,17H,4-8H2,1-3H3. The molecule has 0 heterocycles. The molecule has 0 aliphatic heterocycles. The molecule has 0 aliphatic carbocycles. The van der Waals surface area contributed by atoms with Crippen molar-refractivity contribution in [2.75, 3.05) is 0 Å². The van der Waals surface area contributed by atoms with Gasteiger partial charge in [0.2, 0.25) is 0 Å². The van der Waals surface area contributed by atoms with Crippen LogP contribution in [0, 0.1) is 13.8 Å². The first-order chi connectivity index (χ1) is 8.04. The second-order valence-corrected chi connectivity index (χ2v) is 4.70. The number of phenolic OH excluding ortho intramolecular Hbond substituents is 1. The number of phenols is 1. The molecule has 0 atom stereocenters. The maximum Gasteiger partial charge on any atom is 0.132 e. The maximum atomic E-state index is 11.4. The Balaban J connectivity index is 2.55. The predicted octanol–water partition coefficient (Wildman–Crippen LogP) is 3.70. The molecule has 0 spiro atoms. The number of carbonyl (C=O) groups is 1. The lowest BCUT2D eigenvalue weighted by Crippen LogP contribution is -2.00. The van der Waals surface area contributed by atoms with Crippen LogP contribution in [0.2, 0.25) is 0 Å². The van der Waals surface area contributed by atoms with E-state index >= 15 is 0 Å². The minimum Gasteiger partial charge on any atom is -0.508 e. The van der Waals surface area contributed by atoms with Gasteiger partial charge in [0.1, 0.15) is 11.5 Å². The van der Waals surface area contributed by atoms with Crippen LogP contribution in [0.25, 0.3) is 0 Å². The zero-order valence-corrected chi connectivity index (χ0v) is 11.0. The Labute approximate surface area is 104 Å². The number of rotatable bonds is 6. The molecule has 0 aromatic heterocycles. The van der Waals surface area contributed by atoms with E-state index in [9.17, 15) is 9.90 Å². The molecule has 0 bridgehead atoms. The van der Waals surface area contributed by atoms with Crippen molar-refractivity contribution in [1.82, 2.24) is 0 Å². The summed E-state index contributed by atoms with van der Waals surface area (Å²) in [6, 6.07) is 3.58. The summed E-state index contributed by atoms with van der Waals surface area (Å²) in [5, 5.41) is 9.45. The number of Topliss-reactive ketones (excluding diaryl/α,β-unsaturated/α-hetero) is 1. The van der Waals surface area contributed by atoms with E-state index < -0.39 is 0 Å². The number of benzene rings is 1. The SMILES string of the molecule is CCCC(=O)CCCc1c(C)cc(O)cc1C. The Bertz CT molecular complexity index is 371. The van der Waals surface area contributed by atoms with E-state index in [1.54, 1.807) is 12.1 Å². The Hall–Kier alpha value is -1.31. The van der Waals surface area contributed by atoms with Crippen LogP contribution in [0.15, 0.2) is 12.1 Å². The number of aryl methyl sites for hydroxylation is 2. The van der Waals surface area contributed by atoms with E-state index in [2.05, 4.69) is 0 Å². The number of carbonyl (C=O) groups excluding carboxylic acids is 1. The highest BCUT2D eigenvalue weighted by molar-refractivity contribution is 5.78. The summed E-state index contributed by atoms with van der Waals surface area (Å²) >= 11 is 0. The van der Waals surface area contributed by atoms with Crippen LogP contribution in [0.5, 0.6) is 5.75 Å². The fourth-order valence-electron chi connectivity index (χ4n) is 2.23. The first kappa shape index (κ1) is 13.8.